The molecule has 0 radical (unpaired) electrons. The highest BCUT2D eigenvalue weighted by Gasteiger charge is 2.16. The van der Waals surface area contributed by atoms with E-state index in [-0.39, 0.29) is 0 Å². The smallest absolute Gasteiger partial charge is 0.175 e. The molecule has 0 fully saturated rings. The fraction of sp³-hybridized carbons (Fsp3) is 0.120. The van der Waals surface area contributed by atoms with E-state index in [0.717, 1.165) is 16.7 Å². The molecule has 0 unspecified atom stereocenters. The maximum absolute atomic E-state index is 6.47. The van der Waals surface area contributed by atoms with Crippen molar-refractivity contribution in [2.45, 2.75) is 19.6 Å². The summed E-state index contributed by atoms with van der Waals surface area (Å²) in [4.78, 5) is 2.09. The summed E-state index contributed by atoms with van der Waals surface area (Å²) in [5, 5.41) is 9.98. The Morgan fingerprint density at radius 3 is 2.03 bits per heavy atom. The number of nitrogens with zero attached hydrogens (tertiary/aromatic N) is 3. The zero-order chi connectivity index (χ0) is 23.2. The second-order valence-corrected chi connectivity index (χ2v) is 9.15. The minimum atomic E-state index is 0.460. The lowest BCUT2D eigenvalue weighted by molar-refractivity contribution is 0.412. The van der Waals surface area contributed by atoms with E-state index in [1.165, 1.54) is 0 Å². The average Bonchev–Trinajstić information content (AvgIpc) is 3.15. The van der Waals surface area contributed by atoms with E-state index in [0.29, 0.717) is 45.6 Å². The van der Waals surface area contributed by atoms with Gasteiger partial charge in [-0.2, -0.15) is 5.10 Å². The molecular formula is C25H21Cl3N4S. The highest BCUT2D eigenvalue weighted by molar-refractivity contribution is 7.80. The fourth-order valence-corrected chi connectivity index (χ4v) is 4.27. The van der Waals surface area contributed by atoms with Crippen molar-refractivity contribution in [3.05, 3.63) is 117 Å². The molecule has 0 atom stereocenters. The maximum atomic E-state index is 6.47. The van der Waals surface area contributed by atoms with E-state index in [2.05, 4.69) is 39.6 Å². The molecule has 3 aromatic carbocycles. The number of rotatable bonds is 7. The van der Waals surface area contributed by atoms with Crippen LogP contribution < -0.4 is 5.32 Å². The molecular weight excluding hydrogens is 495 g/mol. The lowest BCUT2D eigenvalue weighted by atomic mass is 10.2. The van der Waals surface area contributed by atoms with Gasteiger partial charge >= 0.3 is 0 Å². The van der Waals surface area contributed by atoms with Crippen molar-refractivity contribution < 1.29 is 0 Å². The second kappa shape index (κ2) is 11.0. The molecule has 1 heterocycles. The van der Waals surface area contributed by atoms with Gasteiger partial charge in [0.2, 0.25) is 0 Å². The number of thiocarbonyl (C=S) groups is 1. The van der Waals surface area contributed by atoms with Gasteiger partial charge in [-0.15, -0.1) is 0 Å². The second-order valence-electron chi connectivity index (χ2n) is 7.52. The standard InChI is InChI=1S/C25H21Cl3N4S/c26-21-12-11-20(22(27)13-21)16-32-17-23(28)24(30-32)29-25(33)31(14-18-7-3-1-4-8-18)15-19-9-5-2-6-10-19/h1-13,17H,14-16H2,(H,29,30,33). The summed E-state index contributed by atoms with van der Waals surface area (Å²) in [6.07, 6.45) is 1.75. The Bertz CT molecular complexity index is 1190. The quantitative estimate of drug-likeness (QED) is 0.262. The number of hydrogen-bond donors (Lipinski definition) is 1. The van der Waals surface area contributed by atoms with Gasteiger partial charge in [0.15, 0.2) is 10.9 Å². The monoisotopic (exact) mass is 514 g/mol. The van der Waals surface area contributed by atoms with E-state index >= 15 is 0 Å². The lowest BCUT2D eigenvalue weighted by Gasteiger charge is -2.26. The van der Waals surface area contributed by atoms with Gasteiger partial charge in [0.25, 0.3) is 0 Å². The van der Waals surface area contributed by atoms with Crippen LogP contribution in [-0.4, -0.2) is 19.8 Å². The van der Waals surface area contributed by atoms with Crippen molar-refractivity contribution in [3.8, 4) is 0 Å². The number of nitrogens with one attached hydrogen (secondary N) is 1. The van der Waals surface area contributed by atoms with Gasteiger partial charge in [-0.05, 0) is 41.0 Å². The summed E-state index contributed by atoms with van der Waals surface area (Å²) in [5.74, 6) is 0.498. The first-order valence-corrected chi connectivity index (χ1v) is 11.8. The van der Waals surface area contributed by atoms with Crippen molar-refractivity contribution in [2.75, 3.05) is 5.32 Å². The Balaban J connectivity index is 1.51. The summed E-state index contributed by atoms with van der Waals surface area (Å²) in [6, 6.07) is 25.8. The maximum Gasteiger partial charge on any atom is 0.175 e. The number of anilines is 1. The van der Waals surface area contributed by atoms with Gasteiger partial charge in [0.1, 0.15) is 5.02 Å². The van der Waals surface area contributed by atoms with E-state index in [4.69, 9.17) is 47.0 Å². The molecule has 8 heteroatoms. The third kappa shape index (κ3) is 6.49. The predicted octanol–water partition coefficient (Wildman–Crippen LogP) is 7.29. The van der Waals surface area contributed by atoms with Crippen molar-refractivity contribution in [1.29, 1.82) is 0 Å². The molecule has 0 bridgehead atoms. The van der Waals surface area contributed by atoms with Gasteiger partial charge in [0, 0.05) is 29.3 Å². The molecule has 4 aromatic rings. The normalized spacial score (nSPS) is 10.8. The Morgan fingerprint density at radius 2 is 1.45 bits per heavy atom. The summed E-state index contributed by atoms with van der Waals surface area (Å²) in [5.41, 5.74) is 3.21. The molecule has 1 aromatic heterocycles. The van der Waals surface area contributed by atoms with E-state index in [1.54, 1.807) is 23.0 Å². The Kier molecular flexibility index (Phi) is 7.89. The van der Waals surface area contributed by atoms with Gasteiger partial charge in [-0.25, -0.2) is 0 Å². The van der Waals surface area contributed by atoms with Gasteiger partial charge in [-0.3, -0.25) is 4.68 Å². The molecule has 4 rings (SSSR count). The summed E-state index contributed by atoms with van der Waals surface area (Å²) >= 11 is 24.5. The summed E-state index contributed by atoms with van der Waals surface area (Å²) < 4.78 is 1.72. The molecule has 0 spiro atoms. The minimum Gasteiger partial charge on any atom is -0.340 e. The minimum absolute atomic E-state index is 0.460. The van der Waals surface area contributed by atoms with Crippen LogP contribution in [0.25, 0.3) is 0 Å². The van der Waals surface area contributed by atoms with Crippen LogP contribution in [0.15, 0.2) is 85.1 Å². The molecule has 0 saturated carbocycles. The van der Waals surface area contributed by atoms with Gasteiger partial charge in [-0.1, -0.05) is 102 Å². The van der Waals surface area contributed by atoms with Crippen LogP contribution in [0.2, 0.25) is 15.1 Å². The third-order valence-corrected chi connectivity index (χ3v) is 6.23. The average molecular weight is 516 g/mol. The first-order valence-electron chi connectivity index (χ1n) is 10.3. The van der Waals surface area contributed by atoms with E-state index < -0.39 is 0 Å². The van der Waals surface area contributed by atoms with Gasteiger partial charge < -0.3 is 10.2 Å². The van der Waals surface area contributed by atoms with Gasteiger partial charge in [0.05, 0.1) is 6.54 Å². The predicted molar refractivity (Wildman–Crippen MR) is 141 cm³/mol. The third-order valence-electron chi connectivity index (χ3n) is 5.01. The van der Waals surface area contributed by atoms with Crippen LogP contribution >= 0.6 is 47.0 Å². The van der Waals surface area contributed by atoms with Crippen molar-refractivity contribution in [3.63, 3.8) is 0 Å². The number of aromatic nitrogens is 2. The zero-order valence-corrected chi connectivity index (χ0v) is 20.7. The lowest BCUT2D eigenvalue weighted by Crippen LogP contribution is -2.34. The highest BCUT2D eigenvalue weighted by Crippen LogP contribution is 2.25. The first kappa shape index (κ1) is 23.6. The zero-order valence-electron chi connectivity index (χ0n) is 17.6. The van der Waals surface area contributed by atoms with Crippen molar-refractivity contribution in [1.82, 2.24) is 14.7 Å². The topological polar surface area (TPSA) is 33.1 Å². The van der Waals surface area contributed by atoms with Crippen molar-refractivity contribution >= 4 is 58.0 Å². The Morgan fingerprint density at radius 1 is 0.848 bits per heavy atom. The molecule has 33 heavy (non-hydrogen) atoms. The molecule has 0 aliphatic heterocycles. The molecule has 0 saturated heterocycles. The van der Waals surface area contributed by atoms with E-state index in [1.807, 2.05) is 42.5 Å². The Labute approximate surface area is 213 Å². The Hall–Kier alpha value is -2.57. The summed E-state index contributed by atoms with van der Waals surface area (Å²) in [7, 11) is 0. The largest absolute Gasteiger partial charge is 0.340 e. The molecule has 168 valence electrons. The van der Waals surface area contributed by atoms with Crippen LogP contribution in [0.5, 0.6) is 0 Å². The molecule has 1 N–H and O–H groups in total. The molecule has 0 aliphatic rings. The first-order chi connectivity index (χ1) is 16.0. The van der Waals surface area contributed by atoms with Crippen LogP contribution in [-0.2, 0) is 19.6 Å². The highest BCUT2D eigenvalue weighted by atomic mass is 35.5. The molecule has 0 aliphatic carbocycles. The number of halogens is 3. The van der Waals surface area contributed by atoms with Crippen LogP contribution in [0.4, 0.5) is 5.82 Å². The van der Waals surface area contributed by atoms with Crippen LogP contribution in [0.3, 0.4) is 0 Å². The van der Waals surface area contributed by atoms with E-state index in [9.17, 15) is 0 Å². The summed E-state index contributed by atoms with van der Waals surface area (Å²) in [6.45, 7) is 1.77. The SMILES string of the molecule is S=C(Nc1nn(Cc2ccc(Cl)cc2Cl)cc1Cl)N(Cc1ccccc1)Cc1ccccc1. The van der Waals surface area contributed by atoms with Crippen LogP contribution in [0.1, 0.15) is 16.7 Å². The molecule has 4 nitrogen and oxygen atoms in total. The van der Waals surface area contributed by atoms with Crippen molar-refractivity contribution in [2.24, 2.45) is 0 Å². The number of hydrogen-bond acceptors (Lipinski definition) is 2. The van der Waals surface area contributed by atoms with Crippen LogP contribution in [0, 0.1) is 0 Å². The fourth-order valence-electron chi connectivity index (χ4n) is 3.37. The molecule has 0 amide bonds. The number of benzene rings is 3.